The van der Waals surface area contributed by atoms with Crippen molar-refractivity contribution < 1.29 is 13.2 Å². The minimum atomic E-state index is -3.63. The number of anilines is 1. The molecule has 6 nitrogen and oxygen atoms in total. The zero-order valence-electron chi connectivity index (χ0n) is 16.9. The predicted molar refractivity (Wildman–Crippen MR) is 107 cm³/mol. The number of hydrogen-bond acceptors (Lipinski definition) is 4. The van der Waals surface area contributed by atoms with Crippen molar-refractivity contribution in [2.75, 3.05) is 38.0 Å². The maximum absolute atomic E-state index is 13.2. The van der Waals surface area contributed by atoms with Gasteiger partial charge in [-0.15, -0.1) is 0 Å². The minimum absolute atomic E-state index is 0.215. The molecular weight excluding hydrogens is 350 g/mol. The minimum Gasteiger partial charge on any atom is -0.326 e. The second-order valence-electron chi connectivity index (χ2n) is 6.94. The van der Waals surface area contributed by atoms with Crippen LogP contribution < -0.4 is 5.32 Å². The second-order valence-corrected chi connectivity index (χ2v) is 8.88. The Morgan fingerprint density at radius 1 is 1.15 bits per heavy atom. The van der Waals surface area contributed by atoms with Gasteiger partial charge in [-0.25, -0.2) is 8.42 Å². The number of hydrogen-bond donors (Lipinski definition) is 1. The molecule has 1 aromatic carbocycles. The van der Waals surface area contributed by atoms with E-state index in [0.29, 0.717) is 25.3 Å². The number of sulfonamides is 1. The molecule has 0 unspecified atom stereocenters. The highest BCUT2D eigenvalue weighted by atomic mass is 32.2. The Labute approximate surface area is 158 Å². The largest absolute Gasteiger partial charge is 0.326 e. The molecule has 0 spiro atoms. The van der Waals surface area contributed by atoms with E-state index in [9.17, 15) is 13.2 Å². The summed E-state index contributed by atoms with van der Waals surface area (Å²) in [6, 6.07) is 4.90. The number of carbonyl (C=O) groups excluding carboxylic acids is 1. The summed E-state index contributed by atoms with van der Waals surface area (Å²) in [6.07, 6.45) is 0. The molecule has 1 N–H and O–H groups in total. The second kappa shape index (κ2) is 10.0. The molecule has 0 atom stereocenters. The van der Waals surface area contributed by atoms with E-state index in [0.717, 1.165) is 18.7 Å². The predicted octanol–water partition coefficient (Wildman–Crippen LogP) is 2.94. The quantitative estimate of drug-likeness (QED) is 0.674. The lowest BCUT2D eigenvalue weighted by Gasteiger charge is -2.27. The van der Waals surface area contributed by atoms with Crippen molar-refractivity contribution in [1.82, 2.24) is 9.21 Å². The molecule has 0 aliphatic carbocycles. The van der Waals surface area contributed by atoms with Gasteiger partial charge in [-0.3, -0.25) is 4.79 Å². The van der Waals surface area contributed by atoms with Crippen LogP contribution in [0.4, 0.5) is 5.69 Å². The van der Waals surface area contributed by atoms with Gasteiger partial charge >= 0.3 is 0 Å². The van der Waals surface area contributed by atoms with Gasteiger partial charge in [0.15, 0.2) is 0 Å². The van der Waals surface area contributed by atoms with Gasteiger partial charge < -0.3 is 10.2 Å². The molecule has 0 radical (unpaired) electrons. The number of nitrogens with one attached hydrogen (secondary N) is 1. The van der Waals surface area contributed by atoms with Gasteiger partial charge in [-0.1, -0.05) is 33.8 Å². The van der Waals surface area contributed by atoms with Crippen molar-refractivity contribution >= 4 is 21.6 Å². The molecule has 0 bridgehead atoms. The fourth-order valence-corrected chi connectivity index (χ4v) is 4.37. The van der Waals surface area contributed by atoms with Gasteiger partial charge in [-0.05, 0) is 43.6 Å². The van der Waals surface area contributed by atoms with E-state index in [-0.39, 0.29) is 16.7 Å². The summed E-state index contributed by atoms with van der Waals surface area (Å²) in [6.45, 7) is 14.8. The molecule has 0 saturated carbocycles. The molecule has 1 amide bonds. The maximum Gasteiger partial charge on any atom is 0.243 e. The topological polar surface area (TPSA) is 69.7 Å². The van der Waals surface area contributed by atoms with Crippen LogP contribution in [-0.4, -0.2) is 56.3 Å². The van der Waals surface area contributed by atoms with Crippen molar-refractivity contribution in [2.45, 2.75) is 46.4 Å². The van der Waals surface area contributed by atoms with E-state index < -0.39 is 10.0 Å². The van der Waals surface area contributed by atoms with Crippen LogP contribution >= 0.6 is 0 Å². The maximum atomic E-state index is 13.2. The monoisotopic (exact) mass is 383 g/mol. The fraction of sp³-hybridized carbons (Fsp3) is 0.632. The standard InChI is InChI=1S/C19H33N3O3S/c1-7-21(8-2)11-12-22(14-15(3)4)26(24,25)18-10-9-16(5)19(13-18)20-17(6)23/h9-10,13,15H,7-8,11-12,14H2,1-6H3,(H,20,23). The molecule has 0 aromatic heterocycles. The lowest BCUT2D eigenvalue weighted by Crippen LogP contribution is -2.40. The first-order chi connectivity index (χ1) is 12.1. The summed E-state index contributed by atoms with van der Waals surface area (Å²) in [5.74, 6) is 0.00459. The van der Waals surface area contributed by atoms with E-state index >= 15 is 0 Å². The SMILES string of the molecule is CCN(CC)CCN(CC(C)C)S(=O)(=O)c1ccc(C)c(NC(C)=O)c1. The van der Waals surface area contributed by atoms with E-state index in [1.165, 1.54) is 6.92 Å². The van der Waals surface area contributed by atoms with Crippen molar-refractivity contribution in [2.24, 2.45) is 5.92 Å². The van der Waals surface area contributed by atoms with E-state index in [1.807, 2.05) is 20.8 Å². The molecule has 1 rings (SSSR count). The van der Waals surface area contributed by atoms with Crippen molar-refractivity contribution in [3.05, 3.63) is 23.8 Å². The summed E-state index contributed by atoms with van der Waals surface area (Å²) >= 11 is 0. The highest BCUT2D eigenvalue weighted by Crippen LogP contribution is 2.23. The zero-order chi connectivity index (χ0) is 19.9. The Morgan fingerprint density at radius 3 is 2.27 bits per heavy atom. The van der Waals surface area contributed by atoms with Crippen molar-refractivity contribution in [3.8, 4) is 0 Å². The Hall–Kier alpha value is -1.44. The molecule has 148 valence electrons. The third-order valence-corrected chi connectivity index (χ3v) is 6.15. The number of carbonyl (C=O) groups is 1. The summed E-state index contributed by atoms with van der Waals surface area (Å²) in [5.41, 5.74) is 1.37. The van der Waals surface area contributed by atoms with Crippen LogP contribution in [0.15, 0.2) is 23.1 Å². The molecule has 0 heterocycles. The van der Waals surface area contributed by atoms with Gasteiger partial charge in [0, 0.05) is 32.2 Å². The van der Waals surface area contributed by atoms with Crippen LogP contribution in [-0.2, 0) is 14.8 Å². The van der Waals surface area contributed by atoms with Gasteiger partial charge in [-0.2, -0.15) is 4.31 Å². The van der Waals surface area contributed by atoms with Crippen LogP contribution in [0.5, 0.6) is 0 Å². The summed E-state index contributed by atoms with van der Waals surface area (Å²) in [7, 11) is -3.63. The van der Waals surface area contributed by atoms with E-state index in [4.69, 9.17) is 0 Å². The Balaban J connectivity index is 3.16. The number of likely N-dealkylation sites (N-methyl/N-ethyl adjacent to an activating group) is 1. The van der Waals surface area contributed by atoms with Crippen molar-refractivity contribution in [3.63, 3.8) is 0 Å². The molecular formula is C19H33N3O3S. The van der Waals surface area contributed by atoms with Gasteiger partial charge in [0.1, 0.15) is 0 Å². The molecule has 0 fully saturated rings. The molecule has 0 aliphatic heterocycles. The number of benzene rings is 1. The third kappa shape index (κ3) is 6.37. The highest BCUT2D eigenvalue weighted by Gasteiger charge is 2.26. The van der Waals surface area contributed by atoms with Crippen LogP contribution in [0.2, 0.25) is 0 Å². The Morgan fingerprint density at radius 2 is 1.77 bits per heavy atom. The molecule has 26 heavy (non-hydrogen) atoms. The first-order valence-corrected chi connectivity index (χ1v) is 10.7. The zero-order valence-corrected chi connectivity index (χ0v) is 17.7. The van der Waals surface area contributed by atoms with Crippen LogP contribution in [0.3, 0.4) is 0 Å². The highest BCUT2D eigenvalue weighted by molar-refractivity contribution is 7.89. The fourth-order valence-electron chi connectivity index (χ4n) is 2.74. The first kappa shape index (κ1) is 22.6. The van der Waals surface area contributed by atoms with Gasteiger partial charge in [0.05, 0.1) is 4.90 Å². The van der Waals surface area contributed by atoms with Crippen LogP contribution in [0, 0.1) is 12.8 Å². The Kier molecular flexibility index (Phi) is 8.73. The Bertz CT molecular complexity index is 698. The third-order valence-electron chi connectivity index (χ3n) is 4.29. The number of amides is 1. The number of nitrogens with zero attached hydrogens (tertiary/aromatic N) is 2. The smallest absolute Gasteiger partial charge is 0.243 e. The van der Waals surface area contributed by atoms with Crippen molar-refractivity contribution in [1.29, 1.82) is 0 Å². The molecule has 0 aliphatic rings. The molecule has 7 heteroatoms. The number of rotatable bonds is 10. The van der Waals surface area contributed by atoms with Gasteiger partial charge in [0.25, 0.3) is 0 Å². The molecule has 1 aromatic rings. The normalized spacial score (nSPS) is 12.2. The van der Waals surface area contributed by atoms with E-state index in [2.05, 4.69) is 24.1 Å². The summed E-state index contributed by atoms with van der Waals surface area (Å²) in [5, 5.41) is 2.70. The summed E-state index contributed by atoms with van der Waals surface area (Å²) in [4.78, 5) is 13.8. The van der Waals surface area contributed by atoms with E-state index in [1.54, 1.807) is 22.5 Å². The number of aryl methyl sites for hydroxylation is 1. The lowest BCUT2D eigenvalue weighted by atomic mass is 10.2. The average molecular weight is 384 g/mol. The van der Waals surface area contributed by atoms with Crippen LogP contribution in [0.1, 0.15) is 40.2 Å². The van der Waals surface area contributed by atoms with Gasteiger partial charge in [0.2, 0.25) is 15.9 Å². The molecule has 0 saturated heterocycles. The average Bonchev–Trinajstić information content (AvgIpc) is 2.55. The van der Waals surface area contributed by atoms with Crippen LogP contribution in [0.25, 0.3) is 0 Å². The lowest BCUT2D eigenvalue weighted by molar-refractivity contribution is -0.114. The summed E-state index contributed by atoms with van der Waals surface area (Å²) < 4.78 is 28.0. The first-order valence-electron chi connectivity index (χ1n) is 9.22.